The smallest absolute Gasteiger partial charge is 0.244 e. The predicted octanol–water partition coefficient (Wildman–Crippen LogP) is 3.53. The first-order chi connectivity index (χ1) is 14.6. The number of ether oxygens (including phenoxy) is 4. The lowest BCUT2D eigenvalue weighted by Crippen LogP contribution is -2.45. The quantitative estimate of drug-likeness (QED) is 0.681. The van der Waals surface area contributed by atoms with Gasteiger partial charge in [-0.1, -0.05) is 0 Å². The molecular weight excluding hydrogens is 380 g/mol. The molecule has 0 unspecified atom stereocenters. The van der Waals surface area contributed by atoms with Gasteiger partial charge in [-0.15, -0.1) is 4.68 Å². The summed E-state index contributed by atoms with van der Waals surface area (Å²) in [4.78, 5) is 0. The topological polar surface area (TPSA) is 43.2 Å². The lowest BCUT2D eigenvalue weighted by molar-refractivity contribution is -0.693. The van der Waals surface area contributed by atoms with Crippen molar-refractivity contribution < 1.29 is 23.6 Å². The molecule has 2 aromatic carbocycles. The van der Waals surface area contributed by atoms with Crippen LogP contribution in [0.3, 0.4) is 0 Å². The summed E-state index contributed by atoms with van der Waals surface area (Å²) in [5, 5.41) is 2.51. The number of hydrogen-bond acceptors (Lipinski definition) is 5. The van der Waals surface area contributed by atoms with Crippen LogP contribution in [0.1, 0.15) is 36.5 Å². The Morgan fingerprint density at radius 3 is 2.17 bits per heavy atom. The van der Waals surface area contributed by atoms with Gasteiger partial charge >= 0.3 is 0 Å². The van der Waals surface area contributed by atoms with E-state index < -0.39 is 0 Å². The normalized spacial score (nSPS) is 18.3. The number of nitrogens with zero attached hydrogens (tertiary/aromatic N) is 2. The van der Waals surface area contributed by atoms with Crippen molar-refractivity contribution in [1.82, 2.24) is 5.01 Å². The number of fused-ring (bicyclic) bond motifs is 1. The van der Waals surface area contributed by atoms with E-state index in [4.69, 9.17) is 18.9 Å². The van der Waals surface area contributed by atoms with Gasteiger partial charge in [-0.2, -0.15) is 5.01 Å². The third-order valence-corrected chi connectivity index (χ3v) is 6.20. The molecule has 2 aromatic rings. The molecule has 0 amide bonds. The van der Waals surface area contributed by atoms with Gasteiger partial charge in [0.2, 0.25) is 5.71 Å². The molecule has 6 nitrogen and oxygen atoms in total. The molecule has 0 saturated carbocycles. The molecule has 0 N–H and O–H groups in total. The van der Waals surface area contributed by atoms with Crippen LogP contribution in [0.4, 0.5) is 0 Å². The fourth-order valence-electron chi connectivity index (χ4n) is 4.65. The van der Waals surface area contributed by atoms with Crippen LogP contribution in [-0.4, -0.2) is 63.0 Å². The van der Waals surface area contributed by atoms with Crippen LogP contribution >= 0.6 is 0 Å². The molecule has 0 radical (unpaired) electrons. The molecule has 1 atom stereocenters. The Bertz CT molecular complexity index is 970. The second-order valence-electron chi connectivity index (χ2n) is 7.81. The Balaban J connectivity index is 1.95. The molecule has 6 heteroatoms. The summed E-state index contributed by atoms with van der Waals surface area (Å²) in [7, 11) is 6.71. The Kier molecular flexibility index (Phi) is 5.75. The average molecular weight is 412 g/mol. The van der Waals surface area contributed by atoms with Crippen LogP contribution in [0.5, 0.6) is 23.0 Å². The Hall–Kier alpha value is -2.89. The van der Waals surface area contributed by atoms with Crippen molar-refractivity contribution in [3.05, 3.63) is 47.0 Å². The molecule has 1 fully saturated rings. The van der Waals surface area contributed by atoms with Crippen molar-refractivity contribution in [3.63, 3.8) is 0 Å². The fourth-order valence-corrected chi connectivity index (χ4v) is 4.65. The molecule has 0 aliphatic carbocycles. The second kappa shape index (κ2) is 8.46. The zero-order valence-electron chi connectivity index (χ0n) is 18.5. The lowest BCUT2D eigenvalue weighted by Gasteiger charge is -2.27. The first-order valence-corrected chi connectivity index (χ1v) is 10.5. The van der Waals surface area contributed by atoms with E-state index in [-0.39, 0.29) is 0 Å². The summed E-state index contributed by atoms with van der Waals surface area (Å²) in [5.41, 5.74) is 4.71. The molecule has 0 spiro atoms. The summed E-state index contributed by atoms with van der Waals surface area (Å²) >= 11 is 0. The molecule has 4 rings (SSSR count). The van der Waals surface area contributed by atoms with E-state index in [1.54, 1.807) is 28.4 Å². The number of hydrazine groups is 1. The Morgan fingerprint density at radius 2 is 1.53 bits per heavy atom. The van der Waals surface area contributed by atoms with E-state index in [9.17, 15) is 0 Å². The minimum atomic E-state index is 0.516. The summed E-state index contributed by atoms with van der Waals surface area (Å²) in [5.74, 6) is 2.97. The van der Waals surface area contributed by atoms with Crippen LogP contribution in [0.2, 0.25) is 0 Å². The van der Waals surface area contributed by atoms with E-state index in [2.05, 4.69) is 40.9 Å². The molecule has 0 aromatic heterocycles. The molecule has 160 valence electrons. The molecule has 1 saturated heterocycles. The molecule has 2 aliphatic rings. The Labute approximate surface area is 178 Å². The second-order valence-corrected chi connectivity index (χ2v) is 7.81. The van der Waals surface area contributed by atoms with Crippen molar-refractivity contribution >= 4 is 5.71 Å². The van der Waals surface area contributed by atoms with Crippen LogP contribution in [0.25, 0.3) is 0 Å². The molecule has 0 bridgehead atoms. The van der Waals surface area contributed by atoms with Crippen LogP contribution in [0, 0.1) is 0 Å². The van der Waals surface area contributed by atoms with Gasteiger partial charge in [0, 0.05) is 6.42 Å². The number of benzene rings is 2. The third kappa shape index (κ3) is 3.44. The van der Waals surface area contributed by atoms with Gasteiger partial charge in [-0.3, -0.25) is 0 Å². The van der Waals surface area contributed by atoms with Gasteiger partial charge in [0.05, 0.1) is 52.2 Å². The highest BCUT2D eigenvalue weighted by Crippen LogP contribution is 2.36. The molecule has 30 heavy (non-hydrogen) atoms. The highest BCUT2D eigenvalue weighted by molar-refractivity contribution is 6.11. The van der Waals surface area contributed by atoms with Gasteiger partial charge in [0.15, 0.2) is 29.5 Å². The molecule has 2 heterocycles. The monoisotopic (exact) mass is 411 g/mol. The fraction of sp³-hybridized carbons (Fsp3) is 0.458. The van der Waals surface area contributed by atoms with Gasteiger partial charge in [-0.25, -0.2) is 0 Å². The highest BCUT2D eigenvalue weighted by atomic mass is 16.5. The number of hydrogen-bond donors (Lipinski definition) is 0. The van der Waals surface area contributed by atoms with Crippen molar-refractivity contribution in [3.8, 4) is 23.0 Å². The predicted molar refractivity (Wildman–Crippen MR) is 117 cm³/mol. The van der Waals surface area contributed by atoms with Crippen LogP contribution in [-0.2, 0) is 6.42 Å². The zero-order chi connectivity index (χ0) is 21.3. The van der Waals surface area contributed by atoms with Gasteiger partial charge in [0.1, 0.15) is 0 Å². The highest BCUT2D eigenvalue weighted by Gasteiger charge is 2.37. The molecule has 2 aliphatic heterocycles. The largest absolute Gasteiger partial charge is 0.493 e. The lowest BCUT2D eigenvalue weighted by atomic mass is 9.92. The van der Waals surface area contributed by atoms with Crippen molar-refractivity contribution in [2.45, 2.75) is 32.2 Å². The average Bonchev–Trinajstić information content (AvgIpc) is 3.22. The summed E-state index contributed by atoms with van der Waals surface area (Å²) < 4.78 is 24.7. The van der Waals surface area contributed by atoms with Gasteiger partial charge in [0.25, 0.3) is 0 Å². The minimum absolute atomic E-state index is 0.516. The first-order valence-electron chi connectivity index (χ1n) is 10.5. The summed E-state index contributed by atoms with van der Waals surface area (Å²) in [6.07, 6.45) is 3.39. The maximum atomic E-state index is 5.63. The minimum Gasteiger partial charge on any atom is -0.493 e. The van der Waals surface area contributed by atoms with E-state index in [1.165, 1.54) is 29.7 Å². The number of hydrazone groups is 1. The third-order valence-electron chi connectivity index (χ3n) is 6.20. The van der Waals surface area contributed by atoms with E-state index >= 15 is 0 Å². The van der Waals surface area contributed by atoms with Crippen molar-refractivity contribution in [1.29, 1.82) is 0 Å². The van der Waals surface area contributed by atoms with Crippen molar-refractivity contribution in [2.24, 2.45) is 0 Å². The molecular formula is C24H31N2O4+. The number of methoxy groups -OCH3 is 4. The van der Waals surface area contributed by atoms with Gasteiger partial charge < -0.3 is 18.9 Å². The van der Waals surface area contributed by atoms with E-state index in [1.807, 2.05) is 6.07 Å². The van der Waals surface area contributed by atoms with Gasteiger partial charge in [-0.05, 0) is 55.7 Å². The zero-order valence-corrected chi connectivity index (χ0v) is 18.5. The van der Waals surface area contributed by atoms with E-state index in [0.717, 1.165) is 48.1 Å². The summed E-state index contributed by atoms with van der Waals surface area (Å²) in [6.45, 7) is 4.31. The number of rotatable bonds is 6. The van der Waals surface area contributed by atoms with E-state index in [0.29, 0.717) is 6.04 Å². The maximum Gasteiger partial charge on any atom is 0.244 e. The summed E-state index contributed by atoms with van der Waals surface area (Å²) in [6, 6.07) is 10.9. The van der Waals surface area contributed by atoms with Crippen LogP contribution < -0.4 is 18.9 Å². The standard InChI is InChI=1S/C24H31N2O4/c1-16-7-6-11-25(16)26-12-10-17-13-22(29-4)23(30-5)15-19(17)24(26)18-8-9-20(27-2)21(14-18)28-3/h8-9,13-16H,6-7,10-12H2,1-5H3/q+1/t16-/m1/s1. The van der Waals surface area contributed by atoms with Crippen molar-refractivity contribution in [2.75, 3.05) is 41.5 Å². The first kappa shape index (κ1) is 20.4. The Morgan fingerprint density at radius 1 is 0.867 bits per heavy atom. The maximum absolute atomic E-state index is 5.63. The SMILES string of the molecule is COc1ccc(C2=[N+](N3CCC[C@H]3C)CCc3cc(OC)c(OC)cc32)cc1OC. The van der Waals surface area contributed by atoms with Crippen LogP contribution in [0.15, 0.2) is 30.3 Å².